The summed E-state index contributed by atoms with van der Waals surface area (Å²) in [7, 11) is 3.22. The Balaban J connectivity index is 2.28. The average Bonchev–Trinajstić information content (AvgIpc) is 3.38. The predicted molar refractivity (Wildman–Crippen MR) is 145 cm³/mol. The van der Waals surface area contributed by atoms with Crippen LogP contribution in [0.25, 0.3) is 0 Å². The van der Waals surface area contributed by atoms with Gasteiger partial charge in [0, 0.05) is 24.4 Å². The summed E-state index contributed by atoms with van der Waals surface area (Å²) >= 11 is 1.10. The highest BCUT2D eigenvalue weighted by atomic mass is 32.1. The van der Waals surface area contributed by atoms with Gasteiger partial charge in [0.2, 0.25) is 11.8 Å². The molecular weight excluding hydrogens is 492 g/mol. The first kappa shape index (κ1) is 30.9. The lowest BCUT2D eigenvalue weighted by molar-refractivity contribution is -0.142. The van der Waals surface area contributed by atoms with Crippen LogP contribution in [0.15, 0.2) is 5.38 Å². The molecule has 9 nitrogen and oxygen atoms in total. The van der Waals surface area contributed by atoms with Gasteiger partial charge in [-0.15, -0.1) is 11.3 Å². The Morgan fingerprint density at radius 3 is 2.49 bits per heavy atom. The van der Waals surface area contributed by atoms with E-state index in [1.807, 2.05) is 41.7 Å². The van der Waals surface area contributed by atoms with E-state index in [0.717, 1.165) is 50.0 Å². The number of esters is 1. The normalized spacial score (nSPS) is 18.6. The van der Waals surface area contributed by atoms with E-state index in [0.29, 0.717) is 6.54 Å². The molecule has 1 unspecified atom stereocenters. The van der Waals surface area contributed by atoms with Crippen molar-refractivity contribution < 1.29 is 23.9 Å². The molecule has 0 aliphatic carbocycles. The van der Waals surface area contributed by atoms with E-state index >= 15 is 0 Å². The van der Waals surface area contributed by atoms with Gasteiger partial charge < -0.3 is 15.0 Å². The molecule has 4 atom stereocenters. The number of carbonyl (C=O) groups excluding carboxylic acids is 4. The van der Waals surface area contributed by atoms with Gasteiger partial charge in [0.25, 0.3) is 0 Å². The molecular formula is C27H44N4O5S. The van der Waals surface area contributed by atoms with Crippen molar-refractivity contribution in [1.82, 2.24) is 20.1 Å². The van der Waals surface area contributed by atoms with Gasteiger partial charge in [-0.2, -0.15) is 0 Å². The van der Waals surface area contributed by atoms with Crippen LogP contribution in [0.4, 0.5) is 0 Å². The molecule has 2 heterocycles. The van der Waals surface area contributed by atoms with Gasteiger partial charge in [0.05, 0.1) is 13.2 Å². The largest absolute Gasteiger partial charge is 0.464 e. The van der Waals surface area contributed by atoms with Crippen molar-refractivity contribution >= 4 is 34.9 Å². The van der Waals surface area contributed by atoms with Crippen LogP contribution in [0.2, 0.25) is 0 Å². The van der Waals surface area contributed by atoms with Crippen LogP contribution in [0.5, 0.6) is 0 Å². The number of methoxy groups -OCH3 is 1. The number of rotatable bonds is 13. The lowest BCUT2D eigenvalue weighted by Crippen LogP contribution is -2.59. The fraction of sp³-hybridized carbons (Fsp3) is 0.741. The van der Waals surface area contributed by atoms with Gasteiger partial charge >= 0.3 is 5.97 Å². The molecule has 208 valence electrons. The molecule has 2 rings (SSSR count). The number of hydrogen-bond acceptors (Lipinski definition) is 8. The lowest BCUT2D eigenvalue weighted by Gasteiger charge is -2.39. The lowest BCUT2D eigenvalue weighted by atomic mass is 9.92. The highest BCUT2D eigenvalue weighted by molar-refractivity contribution is 7.11. The first-order chi connectivity index (χ1) is 17.5. The van der Waals surface area contributed by atoms with Crippen LogP contribution in [-0.2, 0) is 14.3 Å². The molecule has 0 spiro atoms. The van der Waals surface area contributed by atoms with Crippen molar-refractivity contribution in [2.24, 2.45) is 11.8 Å². The smallest absolute Gasteiger partial charge is 0.357 e. The molecule has 0 radical (unpaired) electrons. The van der Waals surface area contributed by atoms with Gasteiger partial charge in [-0.25, -0.2) is 9.78 Å². The van der Waals surface area contributed by atoms with Crippen molar-refractivity contribution in [3.05, 3.63) is 16.1 Å². The summed E-state index contributed by atoms with van der Waals surface area (Å²) in [5, 5.41) is 4.82. The maximum absolute atomic E-state index is 14.0. The molecule has 37 heavy (non-hydrogen) atoms. The standard InChI is InChI=1S/C27H44N4O5S/c1-8-13-31(21(17(3)4)15-22(32)25-28-19(16-37-25)27(35)36-7)26(34)23(18(5)9-2)29-24(33)20-12-10-11-14-30(20)6/h16-18,20-21,23H,8-15H2,1-7H3,(H,29,33)/t18-,20+,21?,23-/m0/s1. The van der Waals surface area contributed by atoms with Gasteiger partial charge in [0.15, 0.2) is 16.5 Å². The molecule has 1 saturated heterocycles. The summed E-state index contributed by atoms with van der Waals surface area (Å²) in [6.07, 6.45) is 4.40. The zero-order chi connectivity index (χ0) is 27.7. The Bertz CT molecular complexity index is 934. The maximum atomic E-state index is 14.0. The number of carbonyl (C=O) groups is 4. The third-order valence-corrected chi connectivity index (χ3v) is 8.18. The third-order valence-electron chi connectivity index (χ3n) is 7.30. The van der Waals surface area contributed by atoms with Crippen molar-refractivity contribution in [2.45, 2.75) is 91.3 Å². The van der Waals surface area contributed by atoms with Gasteiger partial charge in [-0.1, -0.05) is 47.5 Å². The minimum Gasteiger partial charge on any atom is -0.464 e. The van der Waals surface area contributed by atoms with Crippen LogP contribution >= 0.6 is 11.3 Å². The van der Waals surface area contributed by atoms with Crippen LogP contribution < -0.4 is 5.32 Å². The molecule has 0 bridgehead atoms. The first-order valence-electron chi connectivity index (χ1n) is 13.4. The van der Waals surface area contributed by atoms with E-state index in [1.54, 1.807) is 4.90 Å². The second kappa shape index (κ2) is 14.6. The van der Waals surface area contributed by atoms with E-state index in [9.17, 15) is 19.2 Å². The minimum atomic E-state index is -0.665. The molecule has 10 heteroatoms. The third kappa shape index (κ3) is 8.07. The fourth-order valence-electron chi connectivity index (χ4n) is 4.78. The second-order valence-electron chi connectivity index (χ2n) is 10.4. The molecule has 2 amide bonds. The van der Waals surface area contributed by atoms with Crippen LogP contribution in [0, 0.1) is 11.8 Å². The Morgan fingerprint density at radius 2 is 1.92 bits per heavy atom. The van der Waals surface area contributed by atoms with Gasteiger partial charge in [-0.05, 0) is 44.7 Å². The van der Waals surface area contributed by atoms with E-state index in [2.05, 4.69) is 15.2 Å². The molecule has 1 aliphatic rings. The van der Waals surface area contributed by atoms with Crippen molar-refractivity contribution in [1.29, 1.82) is 0 Å². The first-order valence-corrected chi connectivity index (χ1v) is 14.3. The summed E-state index contributed by atoms with van der Waals surface area (Å²) in [5.41, 5.74) is 0.102. The monoisotopic (exact) mass is 536 g/mol. The summed E-state index contributed by atoms with van der Waals surface area (Å²) < 4.78 is 4.70. The van der Waals surface area contributed by atoms with Crippen LogP contribution in [0.1, 0.15) is 93.4 Å². The van der Waals surface area contributed by atoms with Gasteiger partial charge in [-0.3, -0.25) is 19.3 Å². The number of ether oxygens (including phenoxy) is 1. The molecule has 1 N–H and O–H groups in total. The number of piperidine rings is 1. The maximum Gasteiger partial charge on any atom is 0.357 e. The number of amides is 2. The van der Waals surface area contributed by atoms with E-state index < -0.39 is 12.0 Å². The predicted octanol–water partition coefficient (Wildman–Crippen LogP) is 3.78. The molecule has 1 aliphatic heterocycles. The number of aromatic nitrogens is 1. The molecule has 1 aromatic heterocycles. The van der Waals surface area contributed by atoms with Crippen LogP contribution in [0.3, 0.4) is 0 Å². The zero-order valence-electron chi connectivity index (χ0n) is 23.4. The summed E-state index contributed by atoms with van der Waals surface area (Å²) in [6, 6.07) is -1.27. The van der Waals surface area contributed by atoms with E-state index in [-0.39, 0.29) is 58.6 Å². The number of Topliss-reactive ketones (excluding diaryl/α,β-unsaturated/α-hetero) is 1. The Hall–Kier alpha value is -2.33. The van der Waals surface area contributed by atoms with E-state index in [4.69, 9.17) is 4.74 Å². The fourth-order valence-corrected chi connectivity index (χ4v) is 5.52. The number of ketones is 1. The number of thiazole rings is 1. The van der Waals surface area contributed by atoms with Crippen molar-refractivity contribution in [2.75, 3.05) is 27.2 Å². The second-order valence-corrected chi connectivity index (χ2v) is 11.2. The number of nitrogens with zero attached hydrogens (tertiary/aromatic N) is 3. The molecule has 1 aromatic rings. The SMILES string of the molecule is CCCN(C(=O)[C@@H](NC(=O)[C@H]1CCCCN1C)[C@@H](C)CC)C(CC(=O)c1nc(C(=O)OC)cs1)C(C)C. The quantitative estimate of drug-likeness (QED) is 0.302. The molecule has 0 aromatic carbocycles. The van der Waals surface area contributed by atoms with Crippen LogP contribution in [-0.4, -0.2) is 83.7 Å². The molecule has 1 fully saturated rings. The average molecular weight is 537 g/mol. The Labute approximate surface area is 225 Å². The number of nitrogens with one attached hydrogen (secondary N) is 1. The minimum absolute atomic E-state index is 0.00254. The van der Waals surface area contributed by atoms with Gasteiger partial charge in [0.1, 0.15) is 6.04 Å². The highest BCUT2D eigenvalue weighted by Crippen LogP contribution is 2.24. The summed E-state index contributed by atoms with van der Waals surface area (Å²) in [5.74, 6) is -1.13. The van der Waals surface area contributed by atoms with E-state index in [1.165, 1.54) is 12.5 Å². The van der Waals surface area contributed by atoms with Crippen molar-refractivity contribution in [3.8, 4) is 0 Å². The zero-order valence-corrected chi connectivity index (χ0v) is 24.2. The highest BCUT2D eigenvalue weighted by Gasteiger charge is 2.37. The molecule has 0 saturated carbocycles. The number of likely N-dealkylation sites (N-methyl/N-ethyl adjacent to an activating group) is 1. The topological polar surface area (TPSA) is 109 Å². The Morgan fingerprint density at radius 1 is 1.22 bits per heavy atom. The number of hydrogen-bond donors (Lipinski definition) is 1. The summed E-state index contributed by atoms with van der Waals surface area (Å²) in [6.45, 7) is 11.3. The Kier molecular flexibility index (Phi) is 12.2. The summed E-state index contributed by atoms with van der Waals surface area (Å²) in [4.78, 5) is 60.2. The number of likely N-dealkylation sites (tertiary alicyclic amines) is 1. The van der Waals surface area contributed by atoms with Crippen molar-refractivity contribution in [3.63, 3.8) is 0 Å².